The molecule has 0 radical (unpaired) electrons. The Morgan fingerprint density at radius 1 is 1.38 bits per heavy atom. The number of nitrogens with one attached hydrogen (secondary N) is 1. The first kappa shape index (κ1) is 16.0. The Hall–Kier alpha value is -1.41. The first-order chi connectivity index (χ1) is 9.76. The zero-order valence-corrected chi connectivity index (χ0v) is 12.5. The van der Waals surface area contributed by atoms with Crippen LogP contribution in [0.4, 0.5) is 0 Å². The lowest BCUT2D eigenvalue weighted by Crippen LogP contribution is -2.63. The van der Waals surface area contributed by atoms with Crippen LogP contribution in [-0.4, -0.2) is 58.5 Å². The highest BCUT2D eigenvalue weighted by Crippen LogP contribution is 2.32. The van der Waals surface area contributed by atoms with E-state index in [0.717, 1.165) is 5.69 Å². The van der Waals surface area contributed by atoms with Gasteiger partial charge in [-0.3, -0.25) is 0 Å². The van der Waals surface area contributed by atoms with Gasteiger partial charge in [0.1, 0.15) is 17.9 Å². The first-order valence-corrected chi connectivity index (χ1v) is 6.69. The number of hydrogen-bond acceptors (Lipinski definition) is 6. The number of carbonyl (C=O) groups is 1. The highest BCUT2D eigenvalue weighted by molar-refractivity contribution is 5.87. The monoisotopic (exact) mass is 299 g/mol. The van der Waals surface area contributed by atoms with Crippen molar-refractivity contribution in [1.82, 2.24) is 4.98 Å². The molecule has 0 aromatic carbocycles. The van der Waals surface area contributed by atoms with E-state index < -0.39 is 36.2 Å². The molecule has 0 amide bonds. The van der Waals surface area contributed by atoms with Crippen molar-refractivity contribution in [3.63, 3.8) is 0 Å². The first-order valence-electron chi connectivity index (χ1n) is 6.69. The molecule has 1 aliphatic rings. The van der Waals surface area contributed by atoms with Crippen LogP contribution in [0.25, 0.3) is 0 Å². The summed E-state index contributed by atoms with van der Waals surface area (Å²) in [4.78, 5) is 15.0. The van der Waals surface area contributed by atoms with Crippen molar-refractivity contribution in [3.8, 4) is 0 Å². The maximum absolute atomic E-state index is 12.1. The molecule has 0 spiro atoms. The number of aromatic nitrogens is 1. The fourth-order valence-corrected chi connectivity index (χ4v) is 2.54. The van der Waals surface area contributed by atoms with Crippen molar-refractivity contribution in [2.45, 2.75) is 51.0 Å². The van der Waals surface area contributed by atoms with Crippen LogP contribution in [0.5, 0.6) is 0 Å². The molecule has 4 unspecified atom stereocenters. The lowest BCUT2D eigenvalue weighted by molar-refractivity contribution is -0.313. The van der Waals surface area contributed by atoms with Gasteiger partial charge in [-0.15, -0.1) is 0 Å². The van der Waals surface area contributed by atoms with Crippen LogP contribution >= 0.6 is 0 Å². The molecule has 1 aromatic heterocycles. The van der Waals surface area contributed by atoms with Crippen molar-refractivity contribution in [2.75, 3.05) is 7.11 Å². The van der Waals surface area contributed by atoms with Crippen LogP contribution in [-0.2, 0) is 14.2 Å². The molecular weight excluding hydrogens is 278 g/mol. The summed E-state index contributed by atoms with van der Waals surface area (Å²) < 4.78 is 15.9. The fraction of sp³-hybridized carbons (Fsp3) is 0.643. The number of ether oxygens (including phenoxy) is 3. The smallest absolute Gasteiger partial charge is 0.355 e. The van der Waals surface area contributed by atoms with Gasteiger partial charge in [0.2, 0.25) is 0 Å². The molecular formula is C14H21NO6. The van der Waals surface area contributed by atoms with Crippen molar-refractivity contribution in [1.29, 1.82) is 0 Å². The van der Waals surface area contributed by atoms with Crippen LogP contribution < -0.4 is 0 Å². The van der Waals surface area contributed by atoms with Gasteiger partial charge in [-0.05, 0) is 32.9 Å². The summed E-state index contributed by atoms with van der Waals surface area (Å²) >= 11 is 0. The largest absolute Gasteiger partial charge is 0.452 e. The number of aryl methyl sites for hydroxylation is 1. The Balaban J connectivity index is 2.20. The van der Waals surface area contributed by atoms with E-state index in [9.17, 15) is 15.0 Å². The second-order valence-electron chi connectivity index (χ2n) is 5.68. The molecule has 1 aliphatic heterocycles. The van der Waals surface area contributed by atoms with Crippen LogP contribution in [0.3, 0.4) is 0 Å². The highest BCUT2D eigenvalue weighted by atomic mass is 16.7. The Morgan fingerprint density at radius 3 is 2.57 bits per heavy atom. The van der Waals surface area contributed by atoms with Gasteiger partial charge in [0.15, 0.2) is 12.4 Å². The van der Waals surface area contributed by atoms with Crippen molar-refractivity contribution < 1.29 is 29.2 Å². The predicted molar refractivity (Wildman–Crippen MR) is 72.7 cm³/mol. The minimum Gasteiger partial charge on any atom is -0.452 e. The summed E-state index contributed by atoms with van der Waals surface area (Å²) in [7, 11) is 1.43. The summed E-state index contributed by atoms with van der Waals surface area (Å²) in [6.45, 7) is 5.19. The summed E-state index contributed by atoms with van der Waals surface area (Å²) in [5, 5.41) is 19.8. The minimum absolute atomic E-state index is 0.272. The van der Waals surface area contributed by atoms with Gasteiger partial charge < -0.3 is 29.4 Å². The Bertz CT molecular complexity index is 511. The molecule has 1 fully saturated rings. The van der Waals surface area contributed by atoms with Crippen molar-refractivity contribution in [2.24, 2.45) is 0 Å². The average molecular weight is 299 g/mol. The highest BCUT2D eigenvalue weighted by Gasteiger charge is 2.51. The number of hydrogen-bond donors (Lipinski definition) is 3. The molecule has 21 heavy (non-hydrogen) atoms. The standard InChI is InChI=1S/C14H21NO6/c1-7-5-6-8(15-7)12(17)20-10-9(16)13(18)21-14(2,3)11(10)19-4/h5-6,9-11,13,15-16,18H,1-4H3. The lowest BCUT2D eigenvalue weighted by atomic mass is 9.89. The van der Waals surface area contributed by atoms with Crippen molar-refractivity contribution in [3.05, 3.63) is 23.5 Å². The van der Waals surface area contributed by atoms with Gasteiger partial charge in [0, 0.05) is 12.8 Å². The number of aromatic amines is 1. The van der Waals surface area contributed by atoms with Crippen LogP contribution in [0.1, 0.15) is 30.0 Å². The minimum atomic E-state index is -1.45. The topological polar surface area (TPSA) is 101 Å². The maximum atomic E-state index is 12.1. The third-order valence-electron chi connectivity index (χ3n) is 3.59. The van der Waals surface area contributed by atoms with E-state index in [0.29, 0.717) is 0 Å². The zero-order valence-electron chi connectivity index (χ0n) is 12.5. The van der Waals surface area contributed by atoms with Gasteiger partial charge in [-0.1, -0.05) is 0 Å². The van der Waals surface area contributed by atoms with Gasteiger partial charge >= 0.3 is 5.97 Å². The molecule has 4 atom stereocenters. The molecule has 7 nitrogen and oxygen atoms in total. The molecule has 2 rings (SSSR count). The van der Waals surface area contributed by atoms with Crippen molar-refractivity contribution >= 4 is 5.97 Å². The second kappa shape index (κ2) is 5.76. The molecule has 118 valence electrons. The normalized spacial score (nSPS) is 31.9. The summed E-state index contributed by atoms with van der Waals surface area (Å²) in [5.41, 5.74) is 0.177. The van der Waals surface area contributed by atoms with E-state index in [1.807, 2.05) is 6.92 Å². The molecule has 0 saturated carbocycles. The number of rotatable bonds is 3. The van der Waals surface area contributed by atoms with E-state index in [1.54, 1.807) is 26.0 Å². The average Bonchev–Trinajstić information content (AvgIpc) is 2.82. The van der Waals surface area contributed by atoms with Gasteiger partial charge in [-0.2, -0.15) is 0 Å². The van der Waals surface area contributed by atoms with E-state index in [2.05, 4.69) is 4.98 Å². The number of aliphatic hydroxyl groups is 2. The van der Waals surface area contributed by atoms with Crippen LogP contribution in [0, 0.1) is 6.92 Å². The SMILES string of the molecule is COC1C(OC(=O)c2ccc(C)[nH]2)C(O)C(O)OC1(C)C. The summed E-state index contributed by atoms with van der Waals surface area (Å²) in [6, 6.07) is 3.33. The fourth-order valence-electron chi connectivity index (χ4n) is 2.54. The third kappa shape index (κ3) is 3.11. The Kier molecular flexibility index (Phi) is 4.38. The van der Waals surface area contributed by atoms with E-state index in [1.165, 1.54) is 7.11 Å². The summed E-state index contributed by atoms with van der Waals surface area (Å²) in [5.74, 6) is -0.626. The molecule has 3 N–H and O–H groups in total. The Labute approximate surface area is 122 Å². The quantitative estimate of drug-likeness (QED) is 0.696. The number of esters is 1. The molecule has 0 aliphatic carbocycles. The van der Waals surface area contributed by atoms with E-state index in [4.69, 9.17) is 14.2 Å². The Morgan fingerprint density at radius 2 is 2.05 bits per heavy atom. The predicted octanol–water partition coefficient (Wildman–Crippen LogP) is 0.352. The molecule has 0 bridgehead atoms. The molecule has 7 heteroatoms. The maximum Gasteiger partial charge on any atom is 0.355 e. The van der Waals surface area contributed by atoms with E-state index in [-0.39, 0.29) is 5.69 Å². The number of aliphatic hydroxyl groups excluding tert-OH is 2. The second-order valence-corrected chi connectivity index (χ2v) is 5.68. The summed E-state index contributed by atoms with van der Waals surface area (Å²) in [6.07, 6.45) is -4.58. The van der Waals surface area contributed by atoms with Gasteiger partial charge in [0.05, 0.1) is 5.60 Å². The van der Waals surface area contributed by atoms with Gasteiger partial charge in [0.25, 0.3) is 0 Å². The van der Waals surface area contributed by atoms with Gasteiger partial charge in [-0.25, -0.2) is 4.79 Å². The molecule has 2 heterocycles. The number of methoxy groups -OCH3 is 1. The zero-order chi connectivity index (χ0) is 15.8. The van der Waals surface area contributed by atoms with E-state index >= 15 is 0 Å². The number of H-pyrrole nitrogens is 1. The molecule has 1 saturated heterocycles. The lowest BCUT2D eigenvalue weighted by Gasteiger charge is -2.46. The molecule has 1 aromatic rings. The number of carbonyl (C=O) groups excluding carboxylic acids is 1. The van der Waals surface area contributed by atoms with Crippen LogP contribution in [0.2, 0.25) is 0 Å². The third-order valence-corrected chi connectivity index (χ3v) is 3.59. The van der Waals surface area contributed by atoms with Crippen LogP contribution in [0.15, 0.2) is 12.1 Å².